The summed E-state index contributed by atoms with van der Waals surface area (Å²) in [6.07, 6.45) is 6.45. The number of hydrogen-bond donors (Lipinski definition) is 0. The van der Waals surface area contributed by atoms with Gasteiger partial charge >= 0.3 is 11.9 Å². The number of esters is 1. The molecule has 4 fully saturated rings. The summed E-state index contributed by atoms with van der Waals surface area (Å²) in [7, 11) is 0. The largest absolute Gasteiger partial charge is 0.462 e. The summed E-state index contributed by atoms with van der Waals surface area (Å²) >= 11 is 0. The van der Waals surface area contributed by atoms with E-state index in [4.69, 9.17) is 14.5 Å². The average Bonchev–Trinajstić information content (AvgIpc) is 2.77. The fraction of sp³-hybridized carbons (Fsp3) is 0.867. The van der Waals surface area contributed by atoms with Crippen molar-refractivity contribution in [3.05, 3.63) is 0 Å². The van der Waals surface area contributed by atoms with Crippen molar-refractivity contribution in [1.29, 1.82) is 0 Å². The quantitative estimate of drug-likeness (QED) is 0.206. The lowest BCUT2D eigenvalue weighted by Gasteiger charge is -2.71. The van der Waals surface area contributed by atoms with E-state index in [1.807, 2.05) is 6.92 Å². The molecule has 0 saturated heterocycles. The summed E-state index contributed by atoms with van der Waals surface area (Å²) in [5.41, 5.74) is -0.567. The molecular weight excluding hydrogens is 472 g/mol. The molecule has 0 aliphatic heterocycles. The maximum Gasteiger partial charge on any atom is 0.339 e. The second kappa shape index (κ2) is 9.46. The molecule has 0 amide bonds. The lowest BCUT2D eigenvalue weighted by Crippen LogP contribution is -2.70. The zero-order valence-electron chi connectivity index (χ0n) is 23.9. The van der Waals surface area contributed by atoms with E-state index in [0.29, 0.717) is 18.8 Å². The summed E-state index contributed by atoms with van der Waals surface area (Å²) < 4.78 is 6.09. The van der Waals surface area contributed by atoms with Gasteiger partial charge in [0.05, 0.1) is 5.92 Å². The molecule has 0 bridgehead atoms. The van der Waals surface area contributed by atoms with Gasteiger partial charge in [-0.25, -0.2) is 4.79 Å². The molecule has 208 valence electrons. The molecule has 10 unspecified atom stereocenters. The zero-order chi connectivity index (χ0) is 27.6. The van der Waals surface area contributed by atoms with Gasteiger partial charge in [0.1, 0.15) is 24.3 Å². The molecule has 7 heteroatoms. The van der Waals surface area contributed by atoms with Crippen molar-refractivity contribution in [3.63, 3.8) is 0 Å². The summed E-state index contributed by atoms with van der Waals surface area (Å²) in [4.78, 5) is 60.4. The molecule has 0 aromatic carbocycles. The maximum atomic E-state index is 13.0. The first kappa shape index (κ1) is 28.3. The van der Waals surface area contributed by atoms with Crippen molar-refractivity contribution in [2.75, 3.05) is 0 Å². The van der Waals surface area contributed by atoms with E-state index in [-0.39, 0.29) is 39.8 Å². The Morgan fingerprint density at radius 2 is 1.46 bits per heavy atom. The Labute approximate surface area is 221 Å². The average molecular weight is 519 g/mol. The third-order valence-electron chi connectivity index (χ3n) is 11.7. The van der Waals surface area contributed by atoms with Crippen LogP contribution in [0.2, 0.25) is 0 Å². The second-order valence-electron chi connectivity index (χ2n) is 14.0. The van der Waals surface area contributed by atoms with Gasteiger partial charge in [-0.15, -0.1) is 0 Å². The van der Waals surface area contributed by atoms with Crippen molar-refractivity contribution in [3.8, 4) is 0 Å². The van der Waals surface area contributed by atoms with Gasteiger partial charge in [-0.05, 0) is 79.4 Å². The molecule has 37 heavy (non-hydrogen) atoms. The molecule has 0 spiro atoms. The normalized spacial score (nSPS) is 46.4. The topological polar surface area (TPSA) is 96.0 Å². The Morgan fingerprint density at radius 1 is 0.811 bits per heavy atom. The number of ketones is 1. The van der Waals surface area contributed by atoms with Gasteiger partial charge < -0.3 is 9.53 Å². The van der Waals surface area contributed by atoms with Crippen molar-refractivity contribution in [2.24, 2.45) is 51.2 Å². The lowest BCUT2D eigenvalue weighted by atomic mass is 9.34. The number of Topliss-reactive ketones (excluding diaryl/α,β-unsaturated/α-hetero) is 1. The van der Waals surface area contributed by atoms with Crippen molar-refractivity contribution in [2.45, 2.75) is 113 Å². The summed E-state index contributed by atoms with van der Waals surface area (Å²) in [5, 5.41) is 0. The number of fused-ring (bicyclic) bond motifs is 5. The zero-order valence-corrected chi connectivity index (χ0v) is 23.9. The van der Waals surface area contributed by atoms with Crippen molar-refractivity contribution in [1.82, 2.24) is 0 Å². The molecule has 0 aromatic rings. The first-order valence-corrected chi connectivity index (χ1v) is 14.1. The standard InChI is InChI=1S/C30H46O7/c1-17(32)26-20(16-31)30(8)24(14-21(26)37-36-19(3)34)29(7)13-10-22-27(4,5)11-9-12-28(22,6)23(29)15-25(30)35-18(2)33/h16,20-26H,9-15H2,1-8H3. The third kappa shape index (κ3) is 4.28. The number of rotatable bonds is 5. The van der Waals surface area contributed by atoms with Crippen molar-refractivity contribution < 1.29 is 33.7 Å². The third-order valence-corrected chi connectivity index (χ3v) is 11.7. The number of carbonyl (C=O) groups is 4. The highest BCUT2D eigenvalue weighted by molar-refractivity contribution is 5.83. The van der Waals surface area contributed by atoms with Crippen LogP contribution >= 0.6 is 0 Å². The van der Waals surface area contributed by atoms with Gasteiger partial charge in [0.2, 0.25) is 0 Å². The lowest BCUT2D eigenvalue weighted by molar-refractivity contribution is -0.333. The summed E-state index contributed by atoms with van der Waals surface area (Å²) in [5.74, 6) is -1.85. The van der Waals surface area contributed by atoms with Gasteiger partial charge in [0.15, 0.2) is 0 Å². The predicted molar refractivity (Wildman–Crippen MR) is 137 cm³/mol. The second-order valence-corrected chi connectivity index (χ2v) is 14.0. The molecule has 7 nitrogen and oxygen atoms in total. The van der Waals surface area contributed by atoms with Crippen LogP contribution in [0, 0.1) is 51.2 Å². The molecule has 0 N–H and O–H groups in total. The highest BCUT2D eigenvalue weighted by atomic mass is 17.2. The number of aldehydes is 1. The SMILES string of the molecule is CC(=O)OOC1CC2C3(C)CCC4C(C)(C)CCCC4(C)C3CC(OC(C)=O)C2(C)C(C=O)C1C(C)=O. The number of carbonyl (C=O) groups excluding carboxylic acids is 4. The van der Waals surface area contributed by atoms with Crippen LogP contribution in [-0.4, -0.2) is 36.2 Å². The van der Waals surface area contributed by atoms with Crippen LogP contribution in [0.25, 0.3) is 0 Å². The Kier molecular flexibility index (Phi) is 7.22. The Morgan fingerprint density at radius 3 is 2.03 bits per heavy atom. The smallest absolute Gasteiger partial charge is 0.339 e. The van der Waals surface area contributed by atoms with E-state index in [0.717, 1.165) is 25.5 Å². The minimum Gasteiger partial charge on any atom is -0.462 e. The van der Waals surface area contributed by atoms with Gasteiger partial charge in [0.25, 0.3) is 0 Å². The molecule has 0 aromatic heterocycles. The van der Waals surface area contributed by atoms with E-state index in [1.165, 1.54) is 33.6 Å². The number of hydrogen-bond acceptors (Lipinski definition) is 7. The van der Waals surface area contributed by atoms with Crippen LogP contribution in [0.5, 0.6) is 0 Å². The highest BCUT2D eigenvalue weighted by Gasteiger charge is 2.71. The highest BCUT2D eigenvalue weighted by Crippen LogP contribution is 2.73. The maximum absolute atomic E-state index is 13.0. The van der Waals surface area contributed by atoms with Crippen LogP contribution in [-0.2, 0) is 33.7 Å². The van der Waals surface area contributed by atoms with E-state index in [9.17, 15) is 19.2 Å². The van der Waals surface area contributed by atoms with Crippen LogP contribution in [0.15, 0.2) is 0 Å². The van der Waals surface area contributed by atoms with E-state index in [2.05, 4.69) is 27.7 Å². The van der Waals surface area contributed by atoms with Gasteiger partial charge in [0, 0.05) is 25.2 Å². The van der Waals surface area contributed by atoms with E-state index in [1.54, 1.807) is 0 Å². The molecule has 10 atom stereocenters. The molecular formula is C30H46O7. The molecule has 4 aliphatic carbocycles. The first-order valence-electron chi connectivity index (χ1n) is 14.1. The van der Waals surface area contributed by atoms with Crippen LogP contribution in [0.1, 0.15) is 100 Å². The molecule has 0 radical (unpaired) electrons. The van der Waals surface area contributed by atoms with Crippen LogP contribution in [0.4, 0.5) is 0 Å². The molecule has 4 aliphatic rings. The Bertz CT molecular complexity index is 958. The first-order chi connectivity index (χ1) is 17.1. The Hall–Kier alpha value is -1.76. The number of ether oxygens (including phenoxy) is 1. The molecule has 4 rings (SSSR count). The van der Waals surface area contributed by atoms with Gasteiger partial charge in [-0.3, -0.25) is 14.5 Å². The Balaban J connectivity index is 1.86. The van der Waals surface area contributed by atoms with E-state index < -0.39 is 35.4 Å². The molecule has 0 heterocycles. The predicted octanol–water partition coefficient (Wildman–Crippen LogP) is 5.48. The van der Waals surface area contributed by atoms with Gasteiger partial charge in [-0.1, -0.05) is 41.0 Å². The van der Waals surface area contributed by atoms with Crippen molar-refractivity contribution >= 4 is 24.0 Å². The minimum absolute atomic E-state index is 0.0581. The van der Waals surface area contributed by atoms with E-state index >= 15 is 0 Å². The summed E-state index contributed by atoms with van der Waals surface area (Å²) in [6.45, 7) is 15.8. The minimum atomic E-state index is -0.781. The molecule has 4 saturated carbocycles. The fourth-order valence-electron chi connectivity index (χ4n) is 10.4. The monoisotopic (exact) mass is 518 g/mol. The van der Waals surface area contributed by atoms with Crippen LogP contribution < -0.4 is 0 Å². The van der Waals surface area contributed by atoms with Crippen LogP contribution in [0.3, 0.4) is 0 Å². The van der Waals surface area contributed by atoms with Gasteiger partial charge in [-0.2, -0.15) is 4.89 Å². The summed E-state index contributed by atoms with van der Waals surface area (Å²) in [6, 6.07) is 0. The fourth-order valence-corrected chi connectivity index (χ4v) is 10.4.